The lowest BCUT2D eigenvalue weighted by Gasteiger charge is -2.26. The SMILES string of the molecule is ClC(C1C=Cc2ccccc21)C(Cl)C1C=Cc2ccccc21. The van der Waals surface area contributed by atoms with Crippen LogP contribution >= 0.6 is 23.2 Å². The van der Waals surface area contributed by atoms with Crippen molar-refractivity contribution in [2.24, 2.45) is 0 Å². The van der Waals surface area contributed by atoms with Gasteiger partial charge in [-0.2, -0.15) is 0 Å². The van der Waals surface area contributed by atoms with E-state index in [9.17, 15) is 0 Å². The van der Waals surface area contributed by atoms with E-state index >= 15 is 0 Å². The van der Waals surface area contributed by atoms with Gasteiger partial charge in [-0.15, -0.1) is 23.2 Å². The van der Waals surface area contributed by atoms with Crippen LogP contribution in [0, 0.1) is 0 Å². The molecule has 0 spiro atoms. The maximum Gasteiger partial charge on any atom is 0.0612 e. The zero-order valence-electron chi connectivity index (χ0n) is 12.0. The van der Waals surface area contributed by atoms with Crippen LogP contribution in [0.5, 0.6) is 0 Å². The maximum absolute atomic E-state index is 6.79. The van der Waals surface area contributed by atoms with E-state index in [1.54, 1.807) is 0 Å². The van der Waals surface area contributed by atoms with Crippen molar-refractivity contribution in [1.82, 2.24) is 0 Å². The van der Waals surface area contributed by atoms with Crippen molar-refractivity contribution in [3.63, 3.8) is 0 Å². The molecule has 2 aliphatic rings. The normalized spacial score (nSPS) is 24.1. The topological polar surface area (TPSA) is 0 Å². The average Bonchev–Trinajstić information content (AvgIpc) is 3.17. The highest BCUT2D eigenvalue weighted by atomic mass is 35.5. The zero-order valence-corrected chi connectivity index (χ0v) is 13.5. The molecule has 0 aromatic heterocycles. The quantitative estimate of drug-likeness (QED) is 0.623. The monoisotopic (exact) mass is 326 g/mol. The Labute approximate surface area is 141 Å². The summed E-state index contributed by atoms with van der Waals surface area (Å²) in [5.41, 5.74) is 5.07. The number of alkyl halides is 2. The Morgan fingerprint density at radius 3 is 1.50 bits per heavy atom. The molecule has 0 nitrogen and oxygen atoms in total. The van der Waals surface area contributed by atoms with Crippen LogP contribution in [0.3, 0.4) is 0 Å². The Balaban J connectivity index is 1.61. The molecule has 2 aliphatic carbocycles. The minimum atomic E-state index is -0.137. The molecule has 0 fully saturated rings. The van der Waals surface area contributed by atoms with E-state index in [0.717, 1.165) is 0 Å². The lowest BCUT2D eigenvalue weighted by Crippen LogP contribution is -2.26. The van der Waals surface area contributed by atoms with Crippen LogP contribution in [0.1, 0.15) is 34.1 Å². The number of hydrogen-bond donors (Lipinski definition) is 0. The van der Waals surface area contributed by atoms with Gasteiger partial charge in [0, 0.05) is 11.8 Å². The van der Waals surface area contributed by atoms with Crippen molar-refractivity contribution in [2.45, 2.75) is 22.6 Å². The first-order chi connectivity index (χ1) is 10.8. The Morgan fingerprint density at radius 2 is 1.05 bits per heavy atom. The van der Waals surface area contributed by atoms with E-state index in [1.807, 2.05) is 0 Å². The lowest BCUT2D eigenvalue weighted by atomic mass is 9.88. The lowest BCUT2D eigenvalue weighted by molar-refractivity contribution is 0.660. The second kappa shape index (κ2) is 5.61. The molecular formula is C20H16Cl2. The van der Waals surface area contributed by atoms with Crippen molar-refractivity contribution in [3.8, 4) is 0 Å². The highest BCUT2D eigenvalue weighted by Gasteiger charge is 2.35. The number of benzene rings is 2. The van der Waals surface area contributed by atoms with Gasteiger partial charge in [0.1, 0.15) is 0 Å². The van der Waals surface area contributed by atoms with Gasteiger partial charge in [0.15, 0.2) is 0 Å². The number of rotatable bonds is 3. The van der Waals surface area contributed by atoms with Gasteiger partial charge in [-0.05, 0) is 22.3 Å². The highest BCUT2D eigenvalue weighted by Crippen LogP contribution is 2.43. The van der Waals surface area contributed by atoms with Gasteiger partial charge in [-0.25, -0.2) is 0 Å². The summed E-state index contributed by atoms with van der Waals surface area (Å²) in [5.74, 6) is 0.364. The smallest absolute Gasteiger partial charge is 0.0612 e. The predicted molar refractivity (Wildman–Crippen MR) is 95.7 cm³/mol. The third kappa shape index (κ3) is 2.22. The van der Waals surface area contributed by atoms with Crippen molar-refractivity contribution < 1.29 is 0 Å². The molecule has 0 aliphatic heterocycles. The summed E-state index contributed by atoms with van der Waals surface area (Å²) in [6, 6.07) is 16.8. The van der Waals surface area contributed by atoms with Gasteiger partial charge in [0.25, 0.3) is 0 Å². The van der Waals surface area contributed by atoms with Gasteiger partial charge in [0.05, 0.1) is 10.8 Å². The Morgan fingerprint density at radius 1 is 0.636 bits per heavy atom. The molecule has 0 bridgehead atoms. The molecule has 0 amide bonds. The third-order valence-corrected chi connectivity index (χ3v) is 5.88. The Kier molecular flexibility index (Phi) is 3.60. The van der Waals surface area contributed by atoms with E-state index < -0.39 is 0 Å². The van der Waals surface area contributed by atoms with Gasteiger partial charge in [-0.1, -0.05) is 72.8 Å². The maximum atomic E-state index is 6.79. The van der Waals surface area contributed by atoms with Crippen LogP contribution in [-0.4, -0.2) is 10.8 Å². The molecule has 22 heavy (non-hydrogen) atoms. The summed E-state index contributed by atoms with van der Waals surface area (Å²) in [5, 5.41) is -0.273. The molecule has 2 aromatic rings. The molecule has 4 rings (SSSR count). The molecule has 0 radical (unpaired) electrons. The van der Waals surface area contributed by atoms with E-state index in [2.05, 4.69) is 72.8 Å². The van der Waals surface area contributed by atoms with Crippen molar-refractivity contribution in [1.29, 1.82) is 0 Å². The number of fused-ring (bicyclic) bond motifs is 2. The van der Waals surface area contributed by atoms with E-state index in [-0.39, 0.29) is 22.6 Å². The van der Waals surface area contributed by atoms with E-state index in [1.165, 1.54) is 22.3 Å². The standard InChI is InChI=1S/C20H16Cl2/c21-19(17-11-9-13-5-1-3-7-15(13)17)20(22)18-12-10-14-6-2-4-8-16(14)18/h1-12,17-20H. The van der Waals surface area contributed by atoms with Crippen LogP contribution in [0.15, 0.2) is 60.7 Å². The Bertz CT molecular complexity index is 694. The molecule has 0 N–H and O–H groups in total. The molecule has 0 saturated carbocycles. The summed E-state index contributed by atoms with van der Waals surface area (Å²) >= 11 is 13.6. The van der Waals surface area contributed by atoms with Gasteiger partial charge < -0.3 is 0 Å². The first kappa shape index (κ1) is 14.1. The summed E-state index contributed by atoms with van der Waals surface area (Å²) in [7, 11) is 0. The van der Waals surface area contributed by atoms with Crippen molar-refractivity contribution in [2.75, 3.05) is 0 Å². The Hall–Kier alpha value is -1.50. The second-order valence-electron chi connectivity index (χ2n) is 5.92. The molecule has 0 saturated heterocycles. The van der Waals surface area contributed by atoms with Gasteiger partial charge >= 0.3 is 0 Å². The summed E-state index contributed by atoms with van der Waals surface area (Å²) in [6.07, 6.45) is 8.67. The summed E-state index contributed by atoms with van der Waals surface area (Å²) in [4.78, 5) is 0. The van der Waals surface area contributed by atoms with Crippen molar-refractivity contribution in [3.05, 3.63) is 82.9 Å². The summed E-state index contributed by atoms with van der Waals surface area (Å²) in [6.45, 7) is 0. The van der Waals surface area contributed by atoms with Crippen LogP contribution in [-0.2, 0) is 0 Å². The fourth-order valence-electron chi connectivity index (χ4n) is 3.51. The molecule has 2 aromatic carbocycles. The fourth-order valence-corrected chi connectivity index (χ4v) is 4.26. The average molecular weight is 327 g/mol. The van der Waals surface area contributed by atoms with Crippen LogP contribution in [0.2, 0.25) is 0 Å². The minimum Gasteiger partial charge on any atom is -0.120 e. The predicted octanol–water partition coefficient (Wildman–Crippen LogP) is 5.82. The first-order valence-corrected chi connectivity index (χ1v) is 8.45. The first-order valence-electron chi connectivity index (χ1n) is 7.58. The van der Waals surface area contributed by atoms with Gasteiger partial charge in [-0.3, -0.25) is 0 Å². The van der Waals surface area contributed by atoms with Crippen molar-refractivity contribution >= 4 is 35.4 Å². The van der Waals surface area contributed by atoms with Gasteiger partial charge in [0.2, 0.25) is 0 Å². The van der Waals surface area contributed by atoms with E-state index in [0.29, 0.717) is 0 Å². The highest BCUT2D eigenvalue weighted by molar-refractivity contribution is 6.31. The zero-order chi connectivity index (χ0) is 15.1. The molecular weight excluding hydrogens is 311 g/mol. The van der Waals surface area contributed by atoms with E-state index in [4.69, 9.17) is 23.2 Å². The fraction of sp³-hybridized carbons (Fsp3) is 0.200. The molecule has 4 unspecified atom stereocenters. The number of allylic oxidation sites excluding steroid dienone is 2. The number of halogens is 2. The second-order valence-corrected chi connectivity index (χ2v) is 6.92. The molecule has 4 atom stereocenters. The minimum absolute atomic E-state index is 0.137. The number of hydrogen-bond acceptors (Lipinski definition) is 0. The molecule has 110 valence electrons. The largest absolute Gasteiger partial charge is 0.120 e. The van der Waals surface area contributed by atoms with Crippen LogP contribution in [0.4, 0.5) is 0 Å². The third-order valence-electron chi connectivity index (χ3n) is 4.67. The molecule has 2 heteroatoms. The van der Waals surface area contributed by atoms with Crippen LogP contribution < -0.4 is 0 Å². The molecule has 0 heterocycles. The summed E-state index contributed by atoms with van der Waals surface area (Å²) < 4.78 is 0. The van der Waals surface area contributed by atoms with Crippen LogP contribution in [0.25, 0.3) is 12.2 Å².